The number of carbonyl (C=O) groups is 1. The number of hydrogen-bond donors (Lipinski definition) is 0. The Morgan fingerprint density at radius 1 is 1.39 bits per heavy atom. The monoisotopic (exact) mass is 316 g/mol. The molecule has 3 rings (SSSR count). The first-order valence-corrected chi connectivity index (χ1v) is 8.90. The van der Waals surface area contributed by atoms with Crippen LogP contribution in [-0.2, 0) is 24.2 Å². The van der Waals surface area contributed by atoms with Crippen molar-refractivity contribution in [3.63, 3.8) is 0 Å². The third kappa shape index (κ3) is 4.05. The summed E-state index contributed by atoms with van der Waals surface area (Å²) in [5, 5.41) is 0. The van der Waals surface area contributed by atoms with E-state index in [4.69, 9.17) is 4.74 Å². The largest absolute Gasteiger partial charge is 0.449 e. The number of carbonyl (C=O) groups excluding carboxylic acids is 1. The summed E-state index contributed by atoms with van der Waals surface area (Å²) in [6, 6.07) is 7.30. The van der Waals surface area contributed by atoms with Crippen LogP contribution in [0.3, 0.4) is 0 Å². The molecule has 126 valence electrons. The molecule has 1 amide bonds. The molecule has 4 nitrogen and oxygen atoms in total. The van der Waals surface area contributed by atoms with Gasteiger partial charge in [-0.3, -0.25) is 4.90 Å². The number of fused-ring (bicyclic) bond motifs is 1. The molecule has 0 radical (unpaired) electrons. The summed E-state index contributed by atoms with van der Waals surface area (Å²) >= 11 is 0. The van der Waals surface area contributed by atoms with Gasteiger partial charge in [0.15, 0.2) is 0 Å². The number of amides is 1. The molecule has 0 saturated heterocycles. The first-order valence-electron chi connectivity index (χ1n) is 8.90. The van der Waals surface area contributed by atoms with E-state index in [0.29, 0.717) is 13.2 Å². The van der Waals surface area contributed by atoms with Crippen LogP contribution in [0, 0.1) is 0 Å². The van der Waals surface area contributed by atoms with Gasteiger partial charge in [0.1, 0.15) is 0 Å². The Kier molecular flexibility index (Phi) is 5.21. The Labute approximate surface area is 139 Å². The van der Waals surface area contributed by atoms with Crippen LogP contribution in [0.2, 0.25) is 0 Å². The van der Waals surface area contributed by atoms with Gasteiger partial charge in [-0.15, -0.1) is 0 Å². The highest BCUT2D eigenvalue weighted by atomic mass is 16.6. The average Bonchev–Trinajstić information content (AvgIpc) is 3.39. The van der Waals surface area contributed by atoms with Gasteiger partial charge in [-0.2, -0.15) is 0 Å². The zero-order valence-corrected chi connectivity index (χ0v) is 14.4. The molecular formula is C19H28N2O2. The Morgan fingerprint density at radius 3 is 2.96 bits per heavy atom. The standard InChI is InChI=1S/C19H28N2O2/c1-3-4-12-23-19(22)21-11-10-18-15(6-5-7-16(18)14-21)13-20(2)17-8-9-17/h5-7,17H,3-4,8-14H2,1-2H3. The summed E-state index contributed by atoms with van der Waals surface area (Å²) in [4.78, 5) is 16.4. The van der Waals surface area contributed by atoms with Crippen LogP contribution in [0.4, 0.5) is 4.79 Å². The molecule has 0 spiro atoms. The molecule has 0 bridgehead atoms. The van der Waals surface area contributed by atoms with E-state index in [1.165, 1.54) is 29.5 Å². The molecule has 1 fully saturated rings. The average molecular weight is 316 g/mol. The summed E-state index contributed by atoms with van der Waals surface area (Å²) in [5.74, 6) is 0. The van der Waals surface area contributed by atoms with Crippen LogP contribution in [0.5, 0.6) is 0 Å². The predicted molar refractivity (Wildman–Crippen MR) is 91.3 cm³/mol. The van der Waals surface area contributed by atoms with E-state index in [2.05, 4.69) is 37.1 Å². The lowest BCUT2D eigenvalue weighted by molar-refractivity contribution is 0.0965. The molecule has 1 aromatic rings. The van der Waals surface area contributed by atoms with Crippen molar-refractivity contribution < 1.29 is 9.53 Å². The number of nitrogens with zero attached hydrogens (tertiary/aromatic N) is 2. The molecule has 1 saturated carbocycles. The lowest BCUT2D eigenvalue weighted by atomic mass is 9.94. The highest BCUT2D eigenvalue weighted by molar-refractivity contribution is 5.68. The first kappa shape index (κ1) is 16.3. The van der Waals surface area contributed by atoms with Crippen LogP contribution in [0.15, 0.2) is 18.2 Å². The molecule has 0 aromatic heterocycles. The highest BCUT2D eigenvalue weighted by Gasteiger charge is 2.28. The van der Waals surface area contributed by atoms with E-state index in [0.717, 1.165) is 38.4 Å². The molecule has 4 heteroatoms. The minimum atomic E-state index is -0.162. The SMILES string of the molecule is CCCCOC(=O)N1CCc2c(cccc2CN(C)C2CC2)C1. The second-order valence-corrected chi connectivity index (χ2v) is 6.84. The molecule has 0 atom stereocenters. The van der Waals surface area contributed by atoms with Crippen molar-refractivity contribution in [2.45, 2.75) is 58.2 Å². The molecule has 0 unspecified atom stereocenters. The molecule has 1 heterocycles. The van der Waals surface area contributed by atoms with Crippen molar-refractivity contribution in [1.82, 2.24) is 9.80 Å². The maximum absolute atomic E-state index is 12.1. The fourth-order valence-electron chi connectivity index (χ4n) is 3.30. The smallest absolute Gasteiger partial charge is 0.410 e. The lowest BCUT2D eigenvalue weighted by Crippen LogP contribution is -2.37. The molecule has 1 aliphatic heterocycles. The first-order chi connectivity index (χ1) is 11.2. The molecular weight excluding hydrogens is 288 g/mol. The third-order valence-electron chi connectivity index (χ3n) is 4.93. The second-order valence-electron chi connectivity index (χ2n) is 6.84. The Bertz CT molecular complexity index is 554. The zero-order chi connectivity index (χ0) is 16.2. The maximum Gasteiger partial charge on any atom is 0.410 e. The topological polar surface area (TPSA) is 32.8 Å². The van der Waals surface area contributed by atoms with Crippen LogP contribution in [0.1, 0.15) is 49.3 Å². The summed E-state index contributed by atoms with van der Waals surface area (Å²) < 4.78 is 5.35. The van der Waals surface area contributed by atoms with E-state index in [-0.39, 0.29) is 6.09 Å². The van der Waals surface area contributed by atoms with Gasteiger partial charge in [-0.25, -0.2) is 4.79 Å². The Hall–Kier alpha value is -1.55. The molecule has 2 aliphatic rings. The normalized spacial score (nSPS) is 17.3. The number of benzene rings is 1. The van der Waals surface area contributed by atoms with E-state index in [1.54, 1.807) is 0 Å². The van der Waals surface area contributed by atoms with Gasteiger partial charge in [0, 0.05) is 25.7 Å². The number of ether oxygens (including phenoxy) is 1. The number of rotatable bonds is 6. The van der Waals surface area contributed by atoms with Gasteiger partial charge in [0.05, 0.1) is 6.61 Å². The van der Waals surface area contributed by atoms with E-state index in [1.807, 2.05) is 4.90 Å². The zero-order valence-electron chi connectivity index (χ0n) is 14.4. The van der Waals surface area contributed by atoms with Crippen LogP contribution in [0.25, 0.3) is 0 Å². The Balaban J connectivity index is 1.63. The lowest BCUT2D eigenvalue weighted by Gasteiger charge is -2.30. The summed E-state index contributed by atoms with van der Waals surface area (Å²) in [6.07, 6.45) is 5.44. The number of hydrogen-bond acceptors (Lipinski definition) is 3. The fourth-order valence-corrected chi connectivity index (χ4v) is 3.30. The van der Waals surface area contributed by atoms with Crippen LogP contribution < -0.4 is 0 Å². The van der Waals surface area contributed by atoms with Crippen molar-refractivity contribution in [3.05, 3.63) is 34.9 Å². The van der Waals surface area contributed by atoms with Crippen molar-refractivity contribution >= 4 is 6.09 Å². The predicted octanol–water partition coefficient (Wildman–Crippen LogP) is 3.58. The van der Waals surface area contributed by atoms with Crippen LogP contribution in [-0.4, -0.2) is 42.1 Å². The second kappa shape index (κ2) is 7.35. The minimum absolute atomic E-state index is 0.162. The van der Waals surface area contributed by atoms with Gasteiger partial charge in [-0.1, -0.05) is 31.5 Å². The minimum Gasteiger partial charge on any atom is -0.449 e. The highest BCUT2D eigenvalue weighted by Crippen LogP contribution is 2.29. The van der Waals surface area contributed by atoms with E-state index in [9.17, 15) is 4.79 Å². The summed E-state index contributed by atoms with van der Waals surface area (Å²) in [5.41, 5.74) is 4.15. The van der Waals surface area contributed by atoms with E-state index >= 15 is 0 Å². The summed E-state index contributed by atoms with van der Waals surface area (Å²) in [6.45, 7) is 5.11. The van der Waals surface area contributed by atoms with Gasteiger partial charge in [-0.05, 0) is 49.4 Å². The van der Waals surface area contributed by atoms with Crippen molar-refractivity contribution in [3.8, 4) is 0 Å². The number of unbranched alkanes of at least 4 members (excludes halogenated alkanes) is 1. The van der Waals surface area contributed by atoms with Crippen LogP contribution >= 0.6 is 0 Å². The summed E-state index contributed by atoms with van der Waals surface area (Å²) in [7, 11) is 2.22. The maximum atomic E-state index is 12.1. The van der Waals surface area contributed by atoms with Gasteiger partial charge in [0.2, 0.25) is 0 Å². The fraction of sp³-hybridized carbons (Fsp3) is 0.632. The quantitative estimate of drug-likeness (QED) is 0.752. The third-order valence-corrected chi connectivity index (χ3v) is 4.93. The Morgan fingerprint density at radius 2 is 2.22 bits per heavy atom. The van der Waals surface area contributed by atoms with Gasteiger partial charge >= 0.3 is 6.09 Å². The van der Waals surface area contributed by atoms with Crippen molar-refractivity contribution in [2.75, 3.05) is 20.2 Å². The molecule has 23 heavy (non-hydrogen) atoms. The van der Waals surface area contributed by atoms with Crippen molar-refractivity contribution in [2.24, 2.45) is 0 Å². The molecule has 0 N–H and O–H groups in total. The molecule has 1 aliphatic carbocycles. The van der Waals surface area contributed by atoms with Crippen molar-refractivity contribution in [1.29, 1.82) is 0 Å². The molecule has 1 aromatic carbocycles. The van der Waals surface area contributed by atoms with Gasteiger partial charge in [0.25, 0.3) is 0 Å². The van der Waals surface area contributed by atoms with E-state index < -0.39 is 0 Å². The van der Waals surface area contributed by atoms with Gasteiger partial charge < -0.3 is 9.64 Å².